The molecule has 0 unspecified atom stereocenters. The molecule has 7 heteroatoms. The molecule has 0 spiro atoms. The zero-order valence-electron chi connectivity index (χ0n) is 16.7. The van der Waals surface area contributed by atoms with Gasteiger partial charge in [-0.25, -0.2) is 13.4 Å². The first-order valence-electron chi connectivity index (χ1n) is 8.98. The molecule has 1 aromatic heterocycles. The van der Waals surface area contributed by atoms with Crippen LogP contribution in [0.5, 0.6) is 0 Å². The van der Waals surface area contributed by atoms with Crippen LogP contribution in [0, 0.1) is 6.92 Å². The fourth-order valence-corrected chi connectivity index (χ4v) is 4.78. The fourth-order valence-electron chi connectivity index (χ4n) is 3.46. The third kappa shape index (κ3) is 6.70. The van der Waals surface area contributed by atoms with E-state index in [1.165, 1.54) is 0 Å². The number of pyridine rings is 1. The summed E-state index contributed by atoms with van der Waals surface area (Å²) in [6.45, 7) is 11.3. The topological polar surface area (TPSA) is 74.3 Å². The average molecular weight is 391 g/mol. The number of hydrogen-bond acceptors (Lipinski definition) is 5. The number of aryl methyl sites for hydroxylation is 1. The van der Waals surface area contributed by atoms with E-state index in [9.17, 15) is 8.42 Å². The van der Waals surface area contributed by atoms with E-state index in [1.807, 2.05) is 24.3 Å². The Kier molecular flexibility index (Phi) is 6.75. The number of nitrogens with one attached hydrogen (secondary N) is 2. The van der Waals surface area contributed by atoms with Gasteiger partial charge in [-0.05, 0) is 58.4 Å². The Morgan fingerprint density at radius 1 is 0.963 bits per heavy atom. The molecule has 1 fully saturated rings. The molecule has 0 aliphatic carbocycles. The van der Waals surface area contributed by atoms with Crippen LogP contribution in [0.4, 0.5) is 0 Å². The van der Waals surface area contributed by atoms with Crippen molar-refractivity contribution in [3.8, 4) is 0 Å². The number of nitrogens with zero attached hydrogens (tertiary/aromatic N) is 2. The van der Waals surface area contributed by atoms with Crippen molar-refractivity contribution in [3.05, 3.63) is 60.4 Å². The van der Waals surface area contributed by atoms with Gasteiger partial charge in [-0.15, -0.1) is 4.83 Å². The fraction of sp³-hybridized carbons (Fsp3) is 0.450. The minimum Gasteiger partial charge on any atom is -0.304 e. The van der Waals surface area contributed by atoms with E-state index >= 15 is 0 Å². The van der Waals surface area contributed by atoms with Gasteiger partial charge in [0.15, 0.2) is 0 Å². The first-order chi connectivity index (χ1) is 12.5. The van der Waals surface area contributed by atoms with Crippen molar-refractivity contribution < 1.29 is 8.42 Å². The third-order valence-corrected chi connectivity index (χ3v) is 5.58. The summed E-state index contributed by atoms with van der Waals surface area (Å²) in [7, 11) is -3.54. The molecule has 1 aromatic carbocycles. The van der Waals surface area contributed by atoms with E-state index in [-0.39, 0.29) is 11.1 Å². The lowest BCUT2D eigenvalue weighted by atomic mass is 9.93. The van der Waals surface area contributed by atoms with Gasteiger partial charge in [0.1, 0.15) is 0 Å². The molecule has 1 aliphatic heterocycles. The summed E-state index contributed by atoms with van der Waals surface area (Å²) in [4.78, 5) is 6.85. The highest BCUT2D eigenvalue weighted by Gasteiger charge is 2.38. The lowest BCUT2D eigenvalue weighted by Gasteiger charge is -2.47. The molecule has 0 saturated carbocycles. The summed E-state index contributed by atoms with van der Waals surface area (Å²) in [6, 6.07) is 12.7. The van der Waals surface area contributed by atoms with Crippen molar-refractivity contribution >= 4 is 10.0 Å². The monoisotopic (exact) mass is 390 g/mol. The molecular formula is C20H30N4O2S. The van der Waals surface area contributed by atoms with Crippen molar-refractivity contribution in [1.29, 1.82) is 0 Å². The minimum atomic E-state index is -3.54. The lowest BCUT2D eigenvalue weighted by molar-refractivity contribution is 0.0623. The number of aromatic nitrogens is 1. The second kappa shape index (κ2) is 8.48. The van der Waals surface area contributed by atoms with E-state index in [1.54, 1.807) is 42.5 Å². The van der Waals surface area contributed by atoms with Gasteiger partial charge in [0.2, 0.25) is 0 Å². The molecule has 0 bridgehead atoms. The maximum atomic E-state index is 12.6. The number of hydrogen-bond donors (Lipinski definition) is 2. The highest BCUT2D eigenvalue weighted by atomic mass is 32.2. The number of hydrazine groups is 1. The highest BCUT2D eigenvalue weighted by molar-refractivity contribution is 7.89. The van der Waals surface area contributed by atoms with Crippen LogP contribution in [0.15, 0.2) is 59.8 Å². The largest absolute Gasteiger partial charge is 0.304 e. The predicted octanol–water partition coefficient (Wildman–Crippen LogP) is 2.73. The van der Waals surface area contributed by atoms with E-state index in [0.717, 1.165) is 5.56 Å². The van der Waals surface area contributed by atoms with E-state index < -0.39 is 10.0 Å². The molecule has 148 valence electrons. The van der Waals surface area contributed by atoms with Gasteiger partial charge in [0.05, 0.1) is 4.90 Å². The lowest BCUT2D eigenvalue weighted by Crippen LogP contribution is -2.69. The van der Waals surface area contributed by atoms with Gasteiger partial charge in [0.25, 0.3) is 10.0 Å². The Hall–Kier alpha value is -1.80. The molecule has 0 atom stereocenters. The summed E-state index contributed by atoms with van der Waals surface area (Å²) in [5.41, 5.74) is 0.435. The Morgan fingerprint density at radius 2 is 1.52 bits per heavy atom. The Balaban J connectivity index is 0.000000369. The molecule has 1 aliphatic rings. The minimum absolute atomic E-state index is 0.157. The zero-order chi connectivity index (χ0) is 20.1. The molecule has 0 amide bonds. The molecule has 6 nitrogen and oxygen atoms in total. The number of piperazine rings is 1. The predicted molar refractivity (Wildman–Crippen MR) is 109 cm³/mol. The molecule has 1 saturated heterocycles. The summed E-state index contributed by atoms with van der Waals surface area (Å²) in [6.07, 6.45) is 3.50. The Labute approximate surface area is 163 Å². The standard InChI is InChI=1S/C15H25N3O2S.C5H5N/c1-12-8-6-7-9-13(12)21(19,20)17-18-10-14(2,3)16-15(4,5)11-18;1-2-4-6-5-3-1/h6-9,16-17H,10-11H2,1-5H3;1-5H. The van der Waals surface area contributed by atoms with Gasteiger partial charge < -0.3 is 5.32 Å². The maximum absolute atomic E-state index is 12.6. The Bertz CT molecular complexity index is 793. The van der Waals surface area contributed by atoms with Crippen molar-refractivity contribution in [2.24, 2.45) is 0 Å². The van der Waals surface area contributed by atoms with E-state index in [2.05, 4.69) is 42.8 Å². The summed E-state index contributed by atoms with van der Waals surface area (Å²) in [5.74, 6) is 0. The quantitative estimate of drug-likeness (QED) is 0.843. The number of benzene rings is 1. The maximum Gasteiger partial charge on any atom is 0.253 e. The van der Waals surface area contributed by atoms with Crippen molar-refractivity contribution in [3.63, 3.8) is 0 Å². The van der Waals surface area contributed by atoms with Gasteiger partial charge >= 0.3 is 0 Å². The third-order valence-electron chi connectivity index (χ3n) is 4.05. The second-order valence-corrected chi connectivity index (χ2v) is 9.76. The van der Waals surface area contributed by atoms with Crippen LogP contribution in [0.1, 0.15) is 33.3 Å². The first-order valence-corrected chi connectivity index (χ1v) is 10.5. The SMILES string of the molecule is Cc1ccccc1S(=O)(=O)NN1CC(C)(C)NC(C)(C)C1.c1ccncc1. The molecule has 2 aromatic rings. The summed E-state index contributed by atoms with van der Waals surface area (Å²) in [5, 5.41) is 5.31. The molecule has 2 N–H and O–H groups in total. The van der Waals surface area contributed by atoms with Gasteiger partial charge in [-0.3, -0.25) is 4.98 Å². The average Bonchev–Trinajstić information content (AvgIpc) is 2.53. The van der Waals surface area contributed by atoms with Gasteiger partial charge in [-0.2, -0.15) is 0 Å². The smallest absolute Gasteiger partial charge is 0.253 e. The normalized spacial score (nSPS) is 19.0. The van der Waals surface area contributed by atoms with Crippen LogP contribution in [-0.2, 0) is 10.0 Å². The highest BCUT2D eigenvalue weighted by Crippen LogP contribution is 2.21. The zero-order valence-corrected chi connectivity index (χ0v) is 17.5. The Morgan fingerprint density at radius 3 is 1.96 bits per heavy atom. The van der Waals surface area contributed by atoms with E-state index in [0.29, 0.717) is 18.0 Å². The first kappa shape index (κ1) is 21.5. The van der Waals surface area contributed by atoms with Crippen LogP contribution in [0.25, 0.3) is 0 Å². The molecular weight excluding hydrogens is 360 g/mol. The second-order valence-electron chi connectivity index (χ2n) is 8.13. The van der Waals surface area contributed by atoms with Crippen molar-refractivity contribution in [2.75, 3.05) is 13.1 Å². The number of sulfonamides is 1. The van der Waals surface area contributed by atoms with Gasteiger partial charge in [0, 0.05) is 36.6 Å². The number of rotatable bonds is 3. The van der Waals surface area contributed by atoms with Crippen LogP contribution in [0.2, 0.25) is 0 Å². The van der Waals surface area contributed by atoms with Gasteiger partial charge in [-0.1, -0.05) is 24.3 Å². The molecule has 0 radical (unpaired) electrons. The van der Waals surface area contributed by atoms with Crippen LogP contribution in [-0.4, -0.2) is 42.6 Å². The van der Waals surface area contributed by atoms with E-state index in [4.69, 9.17) is 0 Å². The van der Waals surface area contributed by atoms with Crippen LogP contribution >= 0.6 is 0 Å². The van der Waals surface area contributed by atoms with Crippen molar-refractivity contribution in [2.45, 2.75) is 50.6 Å². The molecule has 27 heavy (non-hydrogen) atoms. The summed E-state index contributed by atoms with van der Waals surface area (Å²) < 4.78 is 25.1. The summed E-state index contributed by atoms with van der Waals surface area (Å²) >= 11 is 0. The molecule has 3 rings (SSSR count). The van der Waals surface area contributed by atoms with Crippen molar-refractivity contribution in [1.82, 2.24) is 20.1 Å². The van der Waals surface area contributed by atoms with Crippen LogP contribution < -0.4 is 10.1 Å². The van der Waals surface area contributed by atoms with Crippen LogP contribution in [0.3, 0.4) is 0 Å². The molecule has 2 heterocycles.